The van der Waals surface area contributed by atoms with Gasteiger partial charge in [0, 0.05) is 11.3 Å². The van der Waals surface area contributed by atoms with Crippen molar-refractivity contribution in [2.45, 2.75) is 46.1 Å². The first kappa shape index (κ1) is 15.8. The van der Waals surface area contributed by atoms with E-state index in [0.717, 1.165) is 36.5 Å². The largest absolute Gasteiger partial charge is 0.362 e. The van der Waals surface area contributed by atoms with Gasteiger partial charge in [-0.2, -0.15) is 10.2 Å². The van der Waals surface area contributed by atoms with Crippen LogP contribution < -0.4 is 5.32 Å². The molecule has 0 saturated heterocycles. The van der Waals surface area contributed by atoms with Crippen molar-refractivity contribution in [2.24, 2.45) is 0 Å². The average Bonchev–Trinajstić information content (AvgIpc) is 3.04. The zero-order valence-corrected chi connectivity index (χ0v) is 15.0. The van der Waals surface area contributed by atoms with Gasteiger partial charge in [-0.3, -0.25) is 0 Å². The summed E-state index contributed by atoms with van der Waals surface area (Å²) in [5.41, 5.74) is 7.24. The molecular weight excluding hydrogens is 310 g/mol. The van der Waals surface area contributed by atoms with Gasteiger partial charge >= 0.3 is 0 Å². The highest BCUT2D eigenvalue weighted by atomic mass is 15.3. The molecule has 128 valence electrons. The Bertz CT molecular complexity index is 895. The molecular formula is C20H23N5. The number of nitrogens with zero attached hydrogens (tertiary/aromatic N) is 4. The minimum Gasteiger partial charge on any atom is -0.362 e. The Balaban J connectivity index is 1.65. The molecule has 0 amide bonds. The van der Waals surface area contributed by atoms with Crippen molar-refractivity contribution in [1.29, 1.82) is 0 Å². The monoisotopic (exact) mass is 333 g/mol. The van der Waals surface area contributed by atoms with Crippen LogP contribution in [0.3, 0.4) is 0 Å². The first-order chi connectivity index (χ1) is 12.1. The Labute approximate surface area is 148 Å². The lowest BCUT2D eigenvalue weighted by Crippen LogP contribution is -2.19. The molecule has 3 aromatic rings. The number of rotatable bonds is 3. The molecule has 0 spiro atoms. The molecule has 0 fully saturated rings. The summed E-state index contributed by atoms with van der Waals surface area (Å²) in [6, 6.07) is 10.7. The topological polar surface area (TPSA) is 55.6 Å². The zero-order chi connectivity index (χ0) is 17.4. The highest BCUT2D eigenvalue weighted by Gasteiger charge is 2.25. The van der Waals surface area contributed by atoms with Crippen LogP contribution in [0.5, 0.6) is 0 Å². The molecule has 1 aromatic carbocycles. The van der Waals surface area contributed by atoms with Crippen LogP contribution in [0.15, 0.2) is 36.5 Å². The van der Waals surface area contributed by atoms with E-state index < -0.39 is 0 Å². The number of nitrogens with one attached hydrogen (secondary N) is 1. The van der Waals surface area contributed by atoms with E-state index in [1.54, 1.807) is 0 Å². The summed E-state index contributed by atoms with van der Waals surface area (Å²) in [5.74, 6) is 0.822. The molecule has 1 N–H and O–H groups in total. The predicted octanol–water partition coefficient (Wildman–Crippen LogP) is 4.08. The summed E-state index contributed by atoms with van der Waals surface area (Å²) in [5, 5.41) is 16.6. The summed E-state index contributed by atoms with van der Waals surface area (Å²) < 4.78 is 2.09. The SMILES string of the molecule is Cc1ccc(N[C@H]2CCCc3c2cnn3-c2ccc(C)c(C)c2)nn1. The molecule has 0 bridgehead atoms. The summed E-state index contributed by atoms with van der Waals surface area (Å²) in [6.07, 6.45) is 5.28. The fourth-order valence-corrected chi connectivity index (χ4v) is 3.44. The molecule has 0 saturated carbocycles. The minimum absolute atomic E-state index is 0.237. The molecule has 0 unspecified atom stereocenters. The molecule has 2 aromatic heterocycles. The summed E-state index contributed by atoms with van der Waals surface area (Å²) in [7, 11) is 0. The Morgan fingerprint density at radius 3 is 2.68 bits per heavy atom. The molecule has 25 heavy (non-hydrogen) atoms. The van der Waals surface area contributed by atoms with E-state index in [2.05, 4.69) is 57.3 Å². The quantitative estimate of drug-likeness (QED) is 0.785. The van der Waals surface area contributed by atoms with Crippen LogP contribution in [-0.4, -0.2) is 20.0 Å². The highest BCUT2D eigenvalue weighted by molar-refractivity contribution is 5.44. The summed E-state index contributed by atoms with van der Waals surface area (Å²) >= 11 is 0. The number of benzene rings is 1. The third-order valence-corrected chi connectivity index (χ3v) is 5.04. The van der Waals surface area contributed by atoms with Gasteiger partial charge < -0.3 is 5.32 Å². The zero-order valence-electron chi connectivity index (χ0n) is 15.0. The molecule has 5 nitrogen and oxygen atoms in total. The number of hydrogen-bond acceptors (Lipinski definition) is 4. The van der Waals surface area contributed by atoms with Crippen LogP contribution in [0.1, 0.15) is 47.0 Å². The van der Waals surface area contributed by atoms with Crippen molar-refractivity contribution in [1.82, 2.24) is 20.0 Å². The maximum Gasteiger partial charge on any atom is 0.149 e. The fourth-order valence-electron chi connectivity index (χ4n) is 3.44. The van der Waals surface area contributed by atoms with Crippen LogP contribution >= 0.6 is 0 Å². The van der Waals surface area contributed by atoms with Crippen molar-refractivity contribution >= 4 is 5.82 Å². The Kier molecular flexibility index (Phi) is 3.99. The number of aryl methyl sites for hydroxylation is 3. The lowest BCUT2D eigenvalue weighted by atomic mass is 9.93. The van der Waals surface area contributed by atoms with Gasteiger partial charge in [0.1, 0.15) is 5.82 Å². The molecule has 1 aliphatic rings. The van der Waals surface area contributed by atoms with Crippen molar-refractivity contribution in [3.8, 4) is 5.69 Å². The smallest absolute Gasteiger partial charge is 0.149 e. The fraction of sp³-hybridized carbons (Fsp3) is 0.350. The second-order valence-corrected chi connectivity index (χ2v) is 6.88. The number of anilines is 1. The van der Waals surface area contributed by atoms with Crippen molar-refractivity contribution < 1.29 is 0 Å². The lowest BCUT2D eigenvalue weighted by Gasteiger charge is -2.24. The van der Waals surface area contributed by atoms with E-state index in [9.17, 15) is 0 Å². The molecule has 1 aliphatic carbocycles. The summed E-state index contributed by atoms with van der Waals surface area (Å²) in [4.78, 5) is 0. The predicted molar refractivity (Wildman–Crippen MR) is 99.1 cm³/mol. The van der Waals surface area contributed by atoms with E-state index in [4.69, 9.17) is 0 Å². The van der Waals surface area contributed by atoms with Gasteiger partial charge in [-0.05, 0) is 75.4 Å². The van der Waals surface area contributed by atoms with Crippen LogP contribution in [-0.2, 0) is 6.42 Å². The lowest BCUT2D eigenvalue weighted by molar-refractivity contribution is 0.582. The number of hydrogen-bond donors (Lipinski definition) is 1. The second-order valence-electron chi connectivity index (χ2n) is 6.88. The second kappa shape index (κ2) is 6.31. The highest BCUT2D eigenvalue weighted by Crippen LogP contribution is 2.33. The molecule has 0 radical (unpaired) electrons. The molecule has 0 aliphatic heterocycles. The third kappa shape index (κ3) is 3.02. The maximum atomic E-state index is 4.69. The van der Waals surface area contributed by atoms with E-state index in [1.165, 1.54) is 22.4 Å². The standard InChI is InChI=1S/C20H23N5/c1-13-7-9-16(11-14(13)2)25-19-6-4-5-18(17(19)12-21-25)22-20-10-8-15(3)23-24-20/h7-12,18H,4-6H2,1-3H3,(H,22,24)/t18-/m0/s1. The Morgan fingerprint density at radius 2 is 1.92 bits per heavy atom. The average molecular weight is 333 g/mol. The van der Waals surface area contributed by atoms with Crippen molar-refractivity contribution in [3.05, 3.63) is 64.6 Å². The maximum absolute atomic E-state index is 4.69. The number of fused-ring (bicyclic) bond motifs is 1. The molecule has 5 heteroatoms. The summed E-state index contributed by atoms with van der Waals surface area (Å²) in [6.45, 7) is 6.23. The van der Waals surface area contributed by atoms with Gasteiger partial charge in [-0.15, -0.1) is 5.10 Å². The van der Waals surface area contributed by atoms with Crippen molar-refractivity contribution in [2.75, 3.05) is 5.32 Å². The van der Waals surface area contributed by atoms with E-state index in [1.807, 2.05) is 25.3 Å². The van der Waals surface area contributed by atoms with Gasteiger partial charge in [0.25, 0.3) is 0 Å². The molecule has 1 atom stereocenters. The van der Waals surface area contributed by atoms with Gasteiger partial charge in [0.15, 0.2) is 0 Å². The normalized spacial score (nSPS) is 16.5. The third-order valence-electron chi connectivity index (χ3n) is 5.04. The minimum atomic E-state index is 0.237. The number of aromatic nitrogens is 4. The van der Waals surface area contributed by atoms with Crippen LogP contribution in [0.2, 0.25) is 0 Å². The van der Waals surface area contributed by atoms with E-state index in [0.29, 0.717) is 0 Å². The van der Waals surface area contributed by atoms with E-state index >= 15 is 0 Å². The van der Waals surface area contributed by atoms with Gasteiger partial charge in [-0.25, -0.2) is 4.68 Å². The van der Waals surface area contributed by atoms with Gasteiger partial charge in [-0.1, -0.05) is 6.07 Å². The van der Waals surface area contributed by atoms with Crippen LogP contribution in [0, 0.1) is 20.8 Å². The molecule has 4 rings (SSSR count). The van der Waals surface area contributed by atoms with E-state index in [-0.39, 0.29) is 6.04 Å². The van der Waals surface area contributed by atoms with Crippen LogP contribution in [0.4, 0.5) is 5.82 Å². The Hall–Kier alpha value is -2.69. The van der Waals surface area contributed by atoms with Gasteiger partial charge in [0.05, 0.1) is 23.6 Å². The van der Waals surface area contributed by atoms with Crippen molar-refractivity contribution in [3.63, 3.8) is 0 Å². The van der Waals surface area contributed by atoms with Gasteiger partial charge in [0.2, 0.25) is 0 Å². The van der Waals surface area contributed by atoms with Crippen LogP contribution in [0.25, 0.3) is 5.69 Å². The molecule has 2 heterocycles. The Morgan fingerprint density at radius 1 is 1.04 bits per heavy atom. The first-order valence-corrected chi connectivity index (χ1v) is 8.83. The first-order valence-electron chi connectivity index (χ1n) is 8.83.